The molecular weight excluding hydrogens is 336 g/mol. The molecule has 1 aromatic rings. The van der Waals surface area contributed by atoms with E-state index in [1.807, 2.05) is 0 Å². The van der Waals surface area contributed by atoms with E-state index in [1.54, 1.807) is 24.3 Å². The molecule has 0 saturated heterocycles. The molecule has 8 nitrogen and oxygen atoms in total. The average Bonchev–Trinajstić information content (AvgIpc) is 2.62. The number of carbonyl (C=O) groups excluding carboxylic acids is 3. The first kappa shape index (κ1) is 17.7. The maximum atomic E-state index is 13.2. The third-order valence-electron chi connectivity index (χ3n) is 4.28. The maximum Gasteiger partial charge on any atom is 0.255 e. The van der Waals surface area contributed by atoms with Crippen molar-refractivity contribution in [3.63, 3.8) is 0 Å². The monoisotopic (exact) mass is 356 g/mol. The van der Waals surface area contributed by atoms with Crippen LogP contribution in [0.1, 0.15) is 0 Å². The zero-order valence-electron chi connectivity index (χ0n) is 15.0. The lowest BCUT2D eigenvalue weighted by Crippen LogP contribution is -2.64. The number of nitrogens with zero attached hydrogens (tertiary/aromatic N) is 2. The molecule has 1 aliphatic carbocycles. The minimum Gasteiger partial charge on any atom is -0.453 e. The number of likely N-dealkylation sites (N-methyl/N-ethyl adjacent to an activating group) is 2. The molecule has 0 radical (unpaired) electrons. The van der Waals surface area contributed by atoms with Crippen LogP contribution in [0.3, 0.4) is 0 Å². The molecule has 2 aliphatic rings. The largest absolute Gasteiger partial charge is 0.453 e. The predicted octanol–water partition coefficient (Wildman–Crippen LogP) is 0.0855. The third-order valence-corrected chi connectivity index (χ3v) is 4.28. The van der Waals surface area contributed by atoms with Crippen molar-refractivity contribution in [2.75, 3.05) is 33.5 Å². The van der Waals surface area contributed by atoms with Gasteiger partial charge in [0, 0.05) is 28.2 Å². The van der Waals surface area contributed by atoms with Crippen LogP contribution in [-0.4, -0.2) is 61.1 Å². The van der Waals surface area contributed by atoms with Gasteiger partial charge >= 0.3 is 0 Å². The number of Topliss-reactive ketones (excluding diaryl/α,β-unsaturated/α-hetero) is 1. The molecule has 0 fully saturated rings. The van der Waals surface area contributed by atoms with E-state index in [0.717, 1.165) is 0 Å². The standard InChI is InChI=1S/C18H20N4O4/c1-21(2)16(24)10-9-13-14(15(23)18(10,19)17(25)22(3)4)20-11-7-5-6-8-12(11)26-13/h5-9,20H,19H2,1-4H3. The highest BCUT2D eigenvalue weighted by atomic mass is 16.5. The summed E-state index contributed by atoms with van der Waals surface area (Å²) in [5.41, 5.74) is 4.64. The van der Waals surface area contributed by atoms with Crippen molar-refractivity contribution < 1.29 is 19.1 Å². The van der Waals surface area contributed by atoms with Gasteiger partial charge in [-0.15, -0.1) is 0 Å². The number of allylic oxidation sites excluding steroid dienone is 1. The van der Waals surface area contributed by atoms with Crippen LogP contribution >= 0.6 is 0 Å². The predicted molar refractivity (Wildman–Crippen MR) is 95.1 cm³/mol. The van der Waals surface area contributed by atoms with E-state index in [-0.39, 0.29) is 17.0 Å². The van der Waals surface area contributed by atoms with Gasteiger partial charge in [0.15, 0.2) is 17.0 Å². The Kier molecular flexibility index (Phi) is 4.08. The SMILES string of the molecule is CN(C)C(=O)C1=CC2=C(Nc3ccccc3O2)C(=O)C1(N)C(=O)N(C)C. The van der Waals surface area contributed by atoms with Crippen LogP contribution in [0.2, 0.25) is 0 Å². The summed E-state index contributed by atoms with van der Waals surface area (Å²) in [5.74, 6) is -1.27. The molecule has 1 aromatic carbocycles. The average molecular weight is 356 g/mol. The number of ether oxygens (including phenoxy) is 1. The van der Waals surface area contributed by atoms with Crippen LogP contribution in [-0.2, 0) is 14.4 Å². The van der Waals surface area contributed by atoms with Crippen molar-refractivity contribution in [2.24, 2.45) is 5.73 Å². The number of nitrogens with one attached hydrogen (secondary N) is 1. The highest BCUT2D eigenvalue weighted by Crippen LogP contribution is 2.38. The van der Waals surface area contributed by atoms with Gasteiger partial charge in [-0.25, -0.2) is 0 Å². The van der Waals surface area contributed by atoms with Crippen molar-refractivity contribution in [1.82, 2.24) is 9.80 Å². The number of fused-ring (bicyclic) bond motifs is 1. The van der Waals surface area contributed by atoms with Gasteiger partial charge in [-0.2, -0.15) is 0 Å². The Morgan fingerprint density at radius 1 is 1.12 bits per heavy atom. The van der Waals surface area contributed by atoms with Crippen LogP contribution in [0, 0.1) is 0 Å². The minimum atomic E-state index is -2.13. The Hall–Kier alpha value is -3.13. The van der Waals surface area contributed by atoms with Gasteiger partial charge in [0.1, 0.15) is 5.70 Å². The van der Waals surface area contributed by atoms with Crippen LogP contribution in [0.15, 0.2) is 47.4 Å². The molecule has 26 heavy (non-hydrogen) atoms. The molecule has 0 bridgehead atoms. The van der Waals surface area contributed by atoms with Crippen LogP contribution in [0.4, 0.5) is 5.69 Å². The lowest BCUT2D eigenvalue weighted by atomic mass is 9.78. The number of nitrogens with two attached hydrogens (primary N) is 1. The minimum absolute atomic E-state index is 0.0525. The van der Waals surface area contributed by atoms with Gasteiger partial charge in [-0.05, 0) is 18.2 Å². The second-order valence-electron chi connectivity index (χ2n) is 6.56. The second-order valence-corrected chi connectivity index (χ2v) is 6.56. The fourth-order valence-electron chi connectivity index (χ4n) is 2.90. The number of anilines is 1. The molecule has 0 aromatic heterocycles. The van der Waals surface area contributed by atoms with E-state index >= 15 is 0 Å². The number of hydrogen-bond acceptors (Lipinski definition) is 6. The molecule has 1 heterocycles. The zero-order valence-corrected chi connectivity index (χ0v) is 15.0. The van der Waals surface area contributed by atoms with Gasteiger partial charge in [0.25, 0.3) is 11.8 Å². The Morgan fingerprint density at radius 3 is 2.38 bits per heavy atom. The lowest BCUT2D eigenvalue weighted by Gasteiger charge is -2.37. The number of benzene rings is 1. The smallest absolute Gasteiger partial charge is 0.255 e. The molecule has 1 unspecified atom stereocenters. The van der Waals surface area contributed by atoms with E-state index in [2.05, 4.69) is 5.32 Å². The van der Waals surface area contributed by atoms with Crippen molar-refractivity contribution in [3.05, 3.63) is 47.4 Å². The number of para-hydroxylation sites is 2. The highest BCUT2D eigenvalue weighted by molar-refractivity contribution is 6.27. The van der Waals surface area contributed by atoms with Crippen molar-refractivity contribution in [2.45, 2.75) is 5.54 Å². The molecule has 0 spiro atoms. The first-order valence-electron chi connectivity index (χ1n) is 7.95. The molecule has 1 atom stereocenters. The first-order valence-corrected chi connectivity index (χ1v) is 7.95. The molecule has 2 amide bonds. The summed E-state index contributed by atoms with van der Waals surface area (Å²) in [7, 11) is 6.00. The van der Waals surface area contributed by atoms with E-state index in [9.17, 15) is 14.4 Å². The lowest BCUT2D eigenvalue weighted by molar-refractivity contribution is -0.141. The highest BCUT2D eigenvalue weighted by Gasteiger charge is 2.54. The van der Waals surface area contributed by atoms with Crippen LogP contribution in [0.5, 0.6) is 5.75 Å². The summed E-state index contributed by atoms with van der Waals surface area (Å²) in [6.07, 6.45) is 1.36. The molecule has 1 aliphatic heterocycles. The summed E-state index contributed by atoms with van der Waals surface area (Å²) < 4.78 is 5.77. The van der Waals surface area contributed by atoms with E-state index in [1.165, 1.54) is 44.1 Å². The summed E-state index contributed by atoms with van der Waals surface area (Å²) in [4.78, 5) is 41.1. The third kappa shape index (κ3) is 2.46. The topological polar surface area (TPSA) is 105 Å². The van der Waals surface area contributed by atoms with Crippen LogP contribution < -0.4 is 15.8 Å². The fourth-order valence-corrected chi connectivity index (χ4v) is 2.90. The Bertz CT molecular complexity index is 885. The molecule has 3 N–H and O–H groups in total. The molecular formula is C18H20N4O4. The number of rotatable bonds is 2. The number of amides is 2. The van der Waals surface area contributed by atoms with E-state index in [4.69, 9.17) is 10.5 Å². The van der Waals surface area contributed by atoms with Crippen molar-refractivity contribution in [3.8, 4) is 5.75 Å². The quantitative estimate of drug-likeness (QED) is 0.728. The van der Waals surface area contributed by atoms with E-state index in [0.29, 0.717) is 11.4 Å². The maximum absolute atomic E-state index is 13.2. The fraction of sp³-hybridized carbons (Fsp3) is 0.278. The number of hydrogen-bond donors (Lipinski definition) is 2. The second kappa shape index (κ2) is 5.99. The zero-order chi connectivity index (χ0) is 19.2. The Morgan fingerprint density at radius 2 is 1.77 bits per heavy atom. The Balaban J connectivity index is 2.17. The summed E-state index contributed by atoms with van der Waals surface area (Å²) in [6, 6.07) is 7.04. The Labute approximate surface area is 150 Å². The van der Waals surface area contributed by atoms with Gasteiger partial charge < -0.3 is 25.6 Å². The molecule has 8 heteroatoms. The normalized spacial score (nSPS) is 21.0. The summed E-state index contributed by atoms with van der Waals surface area (Å²) in [6.45, 7) is 0. The molecule has 136 valence electrons. The van der Waals surface area contributed by atoms with Crippen molar-refractivity contribution >= 4 is 23.3 Å². The van der Waals surface area contributed by atoms with E-state index < -0.39 is 23.1 Å². The summed E-state index contributed by atoms with van der Waals surface area (Å²) in [5, 5.41) is 2.97. The van der Waals surface area contributed by atoms with Gasteiger partial charge in [0.2, 0.25) is 5.78 Å². The van der Waals surface area contributed by atoms with Crippen LogP contribution in [0.25, 0.3) is 0 Å². The van der Waals surface area contributed by atoms with Gasteiger partial charge in [-0.1, -0.05) is 12.1 Å². The van der Waals surface area contributed by atoms with Gasteiger partial charge in [0.05, 0.1) is 11.3 Å². The molecule has 3 rings (SSSR count). The van der Waals surface area contributed by atoms with Crippen molar-refractivity contribution in [1.29, 1.82) is 0 Å². The number of carbonyl (C=O) groups is 3. The first-order chi connectivity index (χ1) is 12.2. The molecule has 0 saturated carbocycles. The number of ketones is 1. The summed E-state index contributed by atoms with van der Waals surface area (Å²) >= 11 is 0. The van der Waals surface area contributed by atoms with Gasteiger partial charge in [-0.3, -0.25) is 14.4 Å².